The summed E-state index contributed by atoms with van der Waals surface area (Å²) in [4.78, 5) is 15.8. The highest BCUT2D eigenvalue weighted by Gasteiger charge is 2.24. The number of likely N-dealkylation sites (N-methyl/N-ethyl adjacent to an activating group) is 2. The molecule has 0 spiro atoms. The Morgan fingerprint density at radius 1 is 1.45 bits per heavy atom. The zero-order valence-corrected chi connectivity index (χ0v) is 13.0. The summed E-state index contributed by atoms with van der Waals surface area (Å²) in [5.74, 6) is 0.951. The molecule has 1 aromatic heterocycles. The van der Waals surface area contributed by atoms with Crippen LogP contribution in [0.2, 0.25) is 0 Å². The van der Waals surface area contributed by atoms with E-state index in [-0.39, 0.29) is 11.9 Å². The van der Waals surface area contributed by atoms with Crippen LogP contribution in [0.1, 0.15) is 19.2 Å². The molecule has 0 saturated heterocycles. The molecule has 0 aliphatic carbocycles. The van der Waals surface area contributed by atoms with Crippen LogP contribution in [0.4, 0.5) is 0 Å². The molecule has 0 aliphatic rings. The van der Waals surface area contributed by atoms with Crippen LogP contribution in [0.15, 0.2) is 6.33 Å². The van der Waals surface area contributed by atoms with Gasteiger partial charge in [-0.15, -0.1) is 10.2 Å². The van der Waals surface area contributed by atoms with Gasteiger partial charge in [-0.3, -0.25) is 9.69 Å². The number of hydrogen-bond acceptors (Lipinski definition) is 5. The Balaban J connectivity index is 2.71. The molecule has 0 unspecified atom stereocenters. The van der Waals surface area contributed by atoms with Gasteiger partial charge in [0.1, 0.15) is 12.2 Å². The molecule has 0 bridgehead atoms. The second-order valence-electron chi connectivity index (χ2n) is 5.01. The summed E-state index contributed by atoms with van der Waals surface area (Å²) in [6.07, 6.45) is 2.45. The summed E-state index contributed by atoms with van der Waals surface area (Å²) in [5, 5.41) is 8.05. The number of nitrogens with zero attached hydrogens (tertiary/aromatic N) is 5. The van der Waals surface area contributed by atoms with Crippen LogP contribution < -0.4 is 0 Å². The predicted molar refractivity (Wildman–Crippen MR) is 76.1 cm³/mol. The summed E-state index contributed by atoms with van der Waals surface area (Å²) in [7, 11) is 7.16. The van der Waals surface area contributed by atoms with E-state index in [1.165, 1.54) is 0 Å². The lowest BCUT2D eigenvalue weighted by atomic mass is 10.1. The van der Waals surface area contributed by atoms with Crippen LogP contribution in [0, 0.1) is 0 Å². The summed E-state index contributed by atoms with van der Waals surface area (Å²) in [6.45, 7) is 3.92. The number of rotatable bonds is 8. The Hall–Kier alpha value is -1.47. The largest absolute Gasteiger partial charge is 0.383 e. The van der Waals surface area contributed by atoms with Gasteiger partial charge in [0.25, 0.3) is 0 Å². The number of ether oxygens (including phenoxy) is 1. The maximum Gasteiger partial charge on any atom is 0.239 e. The van der Waals surface area contributed by atoms with Gasteiger partial charge in [-0.1, -0.05) is 6.92 Å². The molecule has 1 atom stereocenters. The van der Waals surface area contributed by atoms with Gasteiger partial charge in [-0.25, -0.2) is 0 Å². The molecule has 0 aliphatic heterocycles. The van der Waals surface area contributed by atoms with Crippen LogP contribution in [0.25, 0.3) is 0 Å². The molecule has 1 aromatic rings. The highest BCUT2D eigenvalue weighted by Crippen LogP contribution is 2.09. The van der Waals surface area contributed by atoms with E-state index in [0.29, 0.717) is 19.7 Å². The molecule has 1 rings (SSSR count). The average molecular weight is 283 g/mol. The zero-order chi connectivity index (χ0) is 15.1. The maximum absolute atomic E-state index is 12.1. The lowest BCUT2D eigenvalue weighted by Crippen LogP contribution is -2.44. The first-order valence-corrected chi connectivity index (χ1v) is 6.78. The van der Waals surface area contributed by atoms with Crippen molar-refractivity contribution in [3.63, 3.8) is 0 Å². The van der Waals surface area contributed by atoms with Crippen LogP contribution in [0.3, 0.4) is 0 Å². The zero-order valence-electron chi connectivity index (χ0n) is 13.0. The number of methoxy groups -OCH3 is 1. The number of aromatic nitrogens is 3. The number of hydrogen-bond donors (Lipinski definition) is 0. The summed E-state index contributed by atoms with van der Waals surface area (Å²) < 4.78 is 7.01. The van der Waals surface area contributed by atoms with E-state index < -0.39 is 0 Å². The molecule has 20 heavy (non-hydrogen) atoms. The minimum Gasteiger partial charge on any atom is -0.383 e. The second-order valence-corrected chi connectivity index (χ2v) is 5.01. The van der Waals surface area contributed by atoms with Crippen LogP contribution >= 0.6 is 0 Å². The standard InChI is InChI=1S/C13H25N5O2/c1-6-11(13(19)16(2)3)17(4)9-12-15-14-10-18(12)7-8-20-5/h10-11H,6-9H2,1-5H3/t11-/m1/s1. The SMILES string of the molecule is CC[C@H](C(=O)N(C)C)N(C)Cc1nncn1CCOC. The van der Waals surface area contributed by atoms with E-state index in [1.54, 1.807) is 32.4 Å². The van der Waals surface area contributed by atoms with Crippen LogP contribution in [-0.2, 0) is 22.6 Å². The average Bonchev–Trinajstić information content (AvgIpc) is 2.84. The molecule has 114 valence electrons. The Kier molecular flexibility index (Phi) is 6.60. The summed E-state index contributed by atoms with van der Waals surface area (Å²) in [5.41, 5.74) is 0. The third kappa shape index (κ3) is 4.28. The second kappa shape index (κ2) is 7.96. The molecule has 0 aromatic carbocycles. The molecular weight excluding hydrogens is 258 g/mol. The fourth-order valence-corrected chi connectivity index (χ4v) is 2.08. The Morgan fingerprint density at radius 2 is 2.15 bits per heavy atom. The van der Waals surface area contributed by atoms with Gasteiger partial charge in [0.2, 0.25) is 5.91 Å². The van der Waals surface area contributed by atoms with E-state index in [4.69, 9.17) is 4.74 Å². The molecule has 1 heterocycles. The first-order valence-electron chi connectivity index (χ1n) is 6.78. The highest BCUT2D eigenvalue weighted by atomic mass is 16.5. The number of amides is 1. The summed E-state index contributed by atoms with van der Waals surface area (Å²) >= 11 is 0. The van der Waals surface area contributed by atoms with E-state index in [1.807, 2.05) is 23.4 Å². The lowest BCUT2D eigenvalue weighted by Gasteiger charge is -2.28. The van der Waals surface area contributed by atoms with Crippen molar-refractivity contribution in [2.24, 2.45) is 0 Å². The van der Waals surface area contributed by atoms with Gasteiger partial charge in [0.15, 0.2) is 0 Å². The van der Waals surface area contributed by atoms with Crippen molar-refractivity contribution in [1.29, 1.82) is 0 Å². The van der Waals surface area contributed by atoms with Crippen molar-refractivity contribution in [2.75, 3.05) is 34.9 Å². The maximum atomic E-state index is 12.1. The highest BCUT2D eigenvalue weighted by molar-refractivity contribution is 5.81. The number of carbonyl (C=O) groups is 1. The van der Waals surface area contributed by atoms with E-state index in [2.05, 4.69) is 10.2 Å². The first kappa shape index (κ1) is 16.6. The first-order chi connectivity index (χ1) is 9.51. The smallest absolute Gasteiger partial charge is 0.239 e. The van der Waals surface area contributed by atoms with Gasteiger partial charge in [0, 0.05) is 27.7 Å². The summed E-state index contributed by atoms with van der Waals surface area (Å²) in [6, 6.07) is -0.141. The van der Waals surface area contributed by atoms with Crippen molar-refractivity contribution >= 4 is 5.91 Å². The van der Waals surface area contributed by atoms with Gasteiger partial charge >= 0.3 is 0 Å². The van der Waals surface area contributed by atoms with Crippen molar-refractivity contribution in [2.45, 2.75) is 32.5 Å². The van der Waals surface area contributed by atoms with Gasteiger partial charge < -0.3 is 14.2 Å². The molecule has 0 radical (unpaired) electrons. The molecule has 0 fully saturated rings. The minimum absolute atomic E-state index is 0.109. The van der Waals surface area contributed by atoms with Crippen molar-refractivity contribution in [3.05, 3.63) is 12.2 Å². The van der Waals surface area contributed by atoms with Crippen molar-refractivity contribution in [1.82, 2.24) is 24.6 Å². The van der Waals surface area contributed by atoms with Crippen molar-refractivity contribution in [3.8, 4) is 0 Å². The van der Waals surface area contributed by atoms with Crippen molar-refractivity contribution < 1.29 is 9.53 Å². The monoisotopic (exact) mass is 283 g/mol. The molecule has 0 N–H and O–H groups in total. The Bertz CT molecular complexity index is 419. The topological polar surface area (TPSA) is 63.5 Å². The molecule has 0 saturated carbocycles. The Labute approximate surface area is 120 Å². The minimum atomic E-state index is -0.141. The third-order valence-corrected chi connectivity index (χ3v) is 3.27. The van der Waals surface area contributed by atoms with E-state index in [9.17, 15) is 4.79 Å². The third-order valence-electron chi connectivity index (χ3n) is 3.27. The predicted octanol–water partition coefficient (Wildman–Crippen LogP) is 0.223. The normalized spacial score (nSPS) is 12.7. The molecule has 7 nitrogen and oxygen atoms in total. The number of carbonyl (C=O) groups excluding carboxylic acids is 1. The fraction of sp³-hybridized carbons (Fsp3) is 0.769. The van der Waals surface area contributed by atoms with E-state index in [0.717, 1.165) is 12.2 Å². The quantitative estimate of drug-likeness (QED) is 0.683. The van der Waals surface area contributed by atoms with Gasteiger partial charge in [0.05, 0.1) is 19.2 Å². The fourth-order valence-electron chi connectivity index (χ4n) is 2.08. The van der Waals surface area contributed by atoms with Crippen LogP contribution in [0.5, 0.6) is 0 Å². The molecule has 7 heteroatoms. The Morgan fingerprint density at radius 3 is 2.70 bits per heavy atom. The lowest BCUT2D eigenvalue weighted by molar-refractivity contribution is -0.134. The molecule has 1 amide bonds. The van der Waals surface area contributed by atoms with Gasteiger partial charge in [-0.2, -0.15) is 0 Å². The van der Waals surface area contributed by atoms with Crippen LogP contribution in [-0.4, -0.2) is 71.4 Å². The molecular formula is C13H25N5O2. The van der Waals surface area contributed by atoms with E-state index >= 15 is 0 Å². The van der Waals surface area contributed by atoms with Gasteiger partial charge in [-0.05, 0) is 13.5 Å².